The Balaban J connectivity index is 2.00. The standard InChI is InChI=1S/C16H16N2O6/c1-10(15(21)11-3-5-12(23-2)6-4-11)24-14(20)9-18-8-7-13(19)17-16(18)22/h3-8,10H,9H2,1-2H3,(H,17,19,22)/t10-/m0/s1. The van der Waals surface area contributed by atoms with Crippen molar-refractivity contribution in [2.24, 2.45) is 0 Å². The van der Waals surface area contributed by atoms with Crippen LogP contribution in [0.3, 0.4) is 0 Å². The molecule has 0 amide bonds. The molecule has 1 aromatic carbocycles. The molecule has 1 aromatic heterocycles. The Kier molecular flexibility index (Phi) is 5.31. The second kappa shape index (κ2) is 7.40. The maximum Gasteiger partial charge on any atom is 0.328 e. The second-order valence-electron chi connectivity index (χ2n) is 4.96. The van der Waals surface area contributed by atoms with Gasteiger partial charge in [-0.05, 0) is 31.2 Å². The van der Waals surface area contributed by atoms with Crippen molar-refractivity contribution in [2.75, 3.05) is 7.11 Å². The van der Waals surface area contributed by atoms with E-state index in [0.29, 0.717) is 11.3 Å². The van der Waals surface area contributed by atoms with Gasteiger partial charge < -0.3 is 9.47 Å². The van der Waals surface area contributed by atoms with Gasteiger partial charge in [-0.3, -0.25) is 23.9 Å². The van der Waals surface area contributed by atoms with Crippen LogP contribution in [-0.4, -0.2) is 34.5 Å². The first-order chi connectivity index (χ1) is 11.4. The van der Waals surface area contributed by atoms with Crippen LogP contribution in [0.15, 0.2) is 46.1 Å². The quantitative estimate of drug-likeness (QED) is 0.604. The highest BCUT2D eigenvalue weighted by Gasteiger charge is 2.20. The molecular formula is C16H16N2O6. The van der Waals surface area contributed by atoms with E-state index < -0.39 is 29.9 Å². The molecule has 0 aliphatic heterocycles. The normalized spacial score (nSPS) is 11.6. The molecule has 0 aliphatic rings. The Morgan fingerprint density at radius 2 is 1.83 bits per heavy atom. The van der Waals surface area contributed by atoms with Crippen molar-refractivity contribution in [3.8, 4) is 5.75 Å². The topological polar surface area (TPSA) is 107 Å². The van der Waals surface area contributed by atoms with Crippen molar-refractivity contribution in [2.45, 2.75) is 19.6 Å². The SMILES string of the molecule is COc1ccc(C(=O)[C@H](C)OC(=O)Cn2ccc(=O)[nH]c2=O)cc1. The zero-order valence-electron chi connectivity index (χ0n) is 13.1. The van der Waals surface area contributed by atoms with Crippen LogP contribution in [0.4, 0.5) is 0 Å². The fraction of sp³-hybridized carbons (Fsp3) is 0.250. The van der Waals surface area contributed by atoms with Gasteiger partial charge in [-0.2, -0.15) is 0 Å². The lowest BCUT2D eigenvalue weighted by atomic mass is 10.1. The summed E-state index contributed by atoms with van der Waals surface area (Å²) in [6.45, 7) is 1.04. The number of hydrogen-bond donors (Lipinski definition) is 1. The largest absolute Gasteiger partial charge is 0.497 e. The van der Waals surface area contributed by atoms with Gasteiger partial charge in [0, 0.05) is 17.8 Å². The minimum atomic E-state index is -1.01. The van der Waals surface area contributed by atoms with Gasteiger partial charge in [-0.1, -0.05) is 0 Å². The molecule has 1 heterocycles. The fourth-order valence-corrected chi connectivity index (χ4v) is 1.99. The third-order valence-electron chi connectivity index (χ3n) is 3.25. The average Bonchev–Trinajstić information content (AvgIpc) is 2.56. The van der Waals surface area contributed by atoms with Gasteiger partial charge in [-0.25, -0.2) is 4.79 Å². The number of carbonyl (C=O) groups is 2. The van der Waals surface area contributed by atoms with Crippen molar-refractivity contribution >= 4 is 11.8 Å². The first-order valence-electron chi connectivity index (χ1n) is 7.08. The minimum absolute atomic E-state index is 0.373. The van der Waals surface area contributed by atoms with Gasteiger partial charge in [0.05, 0.1) is 7.11 Å². The lowest BCUT2D eigenvalue weighted by molar-refractivity contribution is -0.147. The molecule has 0 unspecified atom stereocenters. The second-order valence-corrected chi connectivity index (χ2v) is 4.96. The van der Waals surface area contributed by atoms with Crippen LogP contribution in [0.25, 0.3) is 0 Å². The minimum Gasteiger partial charge on any atom is -0.497 e. The van der Waals surface area contributed by atoms with Gasteiger partial charge in [0.2, 0.25) is 5.78 Å². The van der Waals surface area contributed by atoms with E-state index in [-0.39, 0.29) is 5.78 Å². The molecule has 0 saturated heterocycles. The number of aromatic amines is 1. The van der Waals surface area contributed by atoms with Crippen LogP contribution in [0.5, 0.6) is 5.75 Å². The van der Waals surface area contributed by atoms with E-state index in [1.165, 1.54) is 20.2 Å². The van der Waals surface area contributed by atoms with E-state index in [4.69, 9.17) is 9.47 Å². The number of Topliss-reactive ketones (excluding diaryl/α,β-unsaturated/α-hetero) is 1. The highest BCUT2D eigenvalue weighted by atomic mass is 16.5. The van der Waals surface area contributed by atoms with E-state index in [1.54, 1.807) is 24.3 Å². The number of benzene rings is 1. The van der Waals surface area contributed by atoms with Crippen LogP contribution < -0.4 is 16.0 Å². The molecule has 2 aromatic rings. The molecule has 0 spiro atoms. The molecule has 1 atom stereocenters. The zero-order valence-corrected chi connectivity index (χ0v) is 13.1. The predicted molar refractivity (Wildman–Crippen MR) is 84.2 cm³/mol. The number of rotatable bonds is 6. The molecule has 126 valence electrons. The van der Waals surface area contributed by atoms with Crippen molar-refractivity contribution in [3.05, 3.63) is 62.9 Å². The van der Waals surface area contributed by atoms with E-state index in [2.05, 4.69) is 0 Å². The number of esters is 1. The number of aromatic nitrogens is 2. The van der Waals surface area contributed by atoms with Crippen molar-refractivity contribution < 1.29 is 19.1 Å². The number of methoxy groups -OCH3 is 1. The Labute approximate surface area is 136 Å². The van der Waals surface area contributed by atoms with Crippen molar-refractivity contribution in [1.82, 2.24) is 9.55 Å². The maximum absolute atomic E-state index is 12.2. The lowest BCUT2D eigenvalue weighted by Gasteiger charge is -2.13. The van der Waals surface area contributed by atoms with Gasteiger partial charge >= 0.3 is 11.7 Å². The molecule has 0 saturated carbocycles. The smallest absolute Gasteiger partial charge is 0.328 e. The fourth-order valence-electron chi connectivity index (χ4n) is 1.99. The highest BCUT2D eigenvalue weighted by molar-refractivity contribution is 6.00. The molecule has 8 nitrogen and oxygen atoms in total. The van der Waals surface area contributed by atoms with Gasteiger partial charge in [0.25, 0.3) is 5.56 Å². The number of H-pyrrole nitrogens is 1. The van der Waals surface area contributed by atoms with Crippen LogP contribution in [0.1, 0.15) is 17.3 Å². The third kappa shape index (κ3) is 4.19. The van der Waals surface area contributed by atoms with Crippen LogP contribution in [0.2, 0.25) is 0 Å². The molecule has 1 N–H and O–H groups in total. The Bertz CT molecular complexity index is 850. The van der Waals surface area contributed by atoms with Gasteiger partial charge in [0.15, 0.2) is 6.10 Å². The van der Waals surface area contributed by atoms with E-state index >= 15 is 0 Å². The summed E-state index contributed by atoms with van der Waals surface area (Å²) >= 11 is 0. The summed E-state index contributed by atoms with van der Waals surface area (Å²) in [5.74, 6) is -0.535. The monoisotopic (exact) mass is 332 g/mol. The van der Waals surface area contributed by atoms with E-state index in [1.807, 2.05) is 4.98 Å². The summed E-state index contributed by atoms with van der Waals surface area (Å²) in [7, 11) is 1.51. The molecule has 0 radical (unpaired) electrons. The molecule has 8 heteroatoms. The molecule has 2 rings (SSSR count). The number of carbonyl (C=O) groups excluding carboxylic acids is 2. The van der Waals surface area contributed by atoms with Crippen LogP contribution in [-0.2, 0) is 16.1 Å². The summed E-state index contributed by atoms with van der Waals surface area (Å²) in [5.41, 5.74) is -0.918. The Morgan fingerprint density at radius 1 is 1.17 bits per heavy atom. The summed E-state index contributed by atoms with van der Waals surface area (Å²) in [5, 5.41) is 0. The highest BCUT2D eigenvalue weighted by Crippen LogP contribution is 2.13. The molecular weight excluding hydrogens is 316 g/mol. The van der Waals surface area contributed by atoms with Crippen molar-refractivity contribution in [3.63, 3.8) is 0 Å². The summed E-state index contributed by atoms with van der Waals surface area (Å²) in [4.78, 5) is 48.5. The first kappa shape index (κ1) is 17.2. The zero-order chi connectivity index (χ0) is 17.7. The van der Waals surface area contributed by atoms with E-state index in [0.717, 1.165) is 10.6 Å². The Morgan fingerprint density at radius 3 is 2.42 bits per heavy atom. The number of nitrogens with zero attached hydrogens (tertiary/aromatic N) is 1. The van der Waals surface area contributed by atoms with E-state index in [9.17, 15) is 19.2 Å². The third-order valence-corrected chi connectivity index (χ3v) is 3.25. The first-order valence-corrected chi connectivity index (χ1v) is 7.08. The predicted octanol–water partition coefficient (Wildman–Crippen LogP) is 0.360. The van der Waals surface area contributed by atoms with Gasteiger partial charge in [0.1, 0.15) is 12.3 Å². The van der Waals surface area contributed by atoms with Gasteiger partial charge in [-0.15, -0.1) is 0 Å². The molecule has 24 heavy (non-hydrogen) atoms. The maximum atomic E-state index is 12.2. The molecule has 0 bridgehead atoms. The number of nitrogens with one attached hydrogen (secondary N) is 1. The number of ether oxygens (including phenoxy) is 2. The summed E-state index contributed by atoms with van der Waals surface area (Å²) < 4.78 is 11.0. The summed E-state index contributed by atoms with van der Waals surface area (Å²) in [6, 6.07) is 7.50. The Hall–Kier alpha value is -3.16. The van der Waals surface area contributed by atoms with Crippen LogP contribution in [0, 0.1) is 0 Å². The van der Waals surface area contributed by atoms with Crippen molar-refractivity contribution in [1.29, 1.82) is 0 Å². The number of hydrogen-bond acceptors (Lipinski definition) is 6. The molecule has 0 fully saturated rings. The lowest BCUT2D eigenvalue weighted by Crippen LogP contribution is -2.33. The number of ketones is 1. The summed E-state index contributed by atoms with van der Waals surface area (Å²) in [6.07, 6.45) is 0.169. The average molecular weight is 332 g/mol. The molecule has 0 aliphatic carbocycles. The van der Waals surface area contributed by atoms with Crippen LogP contribution >= 0.6 is 0 Å².